The maximum atomic E-state index is 13.5. The number of nitrogens with zero attached hydrogens (tertiary/aromatic N) is 2. The van der Waals surface area contributed by atoms with E-state index >= 15 is 0 Å². The number of benzene rings is 2. The second kappa shape index (κ2) is 7.05. The van der Waals surface area contributed by atoms with Gasteiger partial charge in [0.1, 0.15) is 23.5 Å². The van der Waals surface area contributed by atoms with Crippen LogP contribution in [0.25, 0.3) is 11.0 Å². The van der Waals surface area contributed by atoms with E-state index in [-0.39, 0.29) is 17.7 Å². The van der Waals surface area contributed by atoms with Gasteiger partial charge in [0.05, 0.1) is 17.1 Å². The summed E-state index contributed by atoms with van der Waals surface area (Å²) in [5, 5.41) is 10.3. The normalized spacial score (nSPS) is 17.6. The number of phenolic OH excluding ortho intramolecular Hbond substituents is 1. The lowest BCUT2D eigenvalue weighted by Crippen LogP contribution is -2.35. The zero-order valence-electron chi connectivity index (χ0n) is 14.7. The van der Waals surface area contributed by atoms with Gasteiger partial charge in [-0.1, -0.05) is 18.2 Å². The first-order chi connectivity index (χ1) is 12.6. The largest absolute Gasteiger partial charge is 0.508 e. The molecule has 2 N–H and O–H groups in total. The Kier molecular flexibility index (Phi) is 4.61. The predicted molar refractivity (Wildman–Crippen MR) is 97.6 cm³/mol. The van der Waals surface area contributed by atoms with Crippen molar-refractivity contribution in [2.45, 2.75) is 25.0 Å². The fourth-order valence-corrected chi connectivity index (χ4v) is 3.43. The summed E-state index contributed by atoms with van der Waals surface area (Å²) >= 11 is 0. The van der Waals surface area contributed by atoms with Crippen molar-refractivity contribution in [3.63, 3.8) is 0 Å². The molecule has 1 aliphatic rings. The monoisotopic (exact) mass is 355 g/mol. The Morgan fingerprint density at radius 2 is 2.00 bits per heavy atom. The number of imidazole rings is 1. The van der Waals surface area contributed by atoms with Gasteiger partial charge in [-0.05, 0) is 38.1 Å². The van der Waals surface area contributed by atoms with Crippen LogP contribution in [0.4, 0.5) is 4.39 Å². The average molecular weight is 355 g/mol. The molecule has 6 heteroatoms. The van der Waals surface area contributed by atoms with Crippen molar-refractivity contribution in [3.05, 3.63) is 59.7 Å². The fraction of sp³-hybridized carbons (Fsp3) is 0.350. The van der Waals surface area contributed by atoms with Crippen LogP contribution >= 0.6 is 0 Å². The molecule has 1 aliphatic heterocycles. The molecule has 5 nitrogen and oxygen atoms in total. The number of nitrogens with one attached hydrogen (secondary N) is 1. The van der Waals surface area contributed by atoms with Crippen LogP contribution in [-0.2, 0) is 4.74 Å². The molecule has 4 rings (SSSR count). The molecule has 0 amide bonds. The topological polar surface area (TPSA) is 61.4 Å². The van der Waals surface area contributed by atoms with Crippen molar-refractivity contribution in [3.8, 4) is 5.75 Å². The van der Waals surface area contributed by atoms with Gasteiger partial charge in [0, 0.05) is 24.7 Å². The van der Waals surface area contributed by atoms with Gasteiger partial charge in [-0.15, -0.1) is 0 Å². The highest BCUT2D eigenvalue weighted by Crippen LogP contribution is 2.34. The van der Waals surface area contributed by atoms with E-state index in [1.165, 1.54) is 12.1 Å². The molecule has 1 saturated heterocycles. The van der Waals surface area contributed by atoms with Crippen LogP contribution in [0, 0.1) is 5.82 Å². The number of halogens is 1. The number of aromatic amines is 1. The summed E-state index contributed by atoms with van der Waals surface area (Å²) in [4.78, 5) is 10.0. The zero-order chi connectivity index (χ0) is 18.1. The highest BCUT2D eigenvalue weighted by Gasteiger charge is 2.27. The highest BCUT2D eigenvalue weighted by molar-refractivity contribution is 5.75. The molecular formula is C20H22FN3O2. The van der Waals surface area contributed by atoms with Gasteiger partial charge in [0.2, 0.25) is 0 Å². The number of piperidine rings is 1. The Bertz CT molecular complexity index is 903. The Labute approximate surface area is 151 Å². The Balaban J connectivity index is 1.70. The Morgan fingerprint density at radius 3 is 2.77 bits per heavy atom. The zero-order valence-corrected chi connectivity index (χ0v) is 14.7. The summed E-state index contributed by atoms with van der Waals surface area (Å²) in [6, 6.07) is 11.6. The number of H-pyrrole nitrogens is 1. The molecule has 2 aromatic carbocycles. The molecule has 0 bridgehead atoms. The number of ether oxygens (including phenoxy) is 1. The van der Waals surface area contributed by atoms with Gasteiger partial charge in [-0.3, -0.25) is 0 Å². The number of phenols is 1. The number of para-hydroxylation sites is 1. The van der Waals surface area contributed by atoms with Crippen LogP contribution in [0.3, 0.4) is 0 Å². The molecule has 2 heterocycles. The van der Waals surface area contributed by atoms with Gasteiger partial charge in [0.25, 0.3) is 0 Å². The van der Waals surface area contributed by atoms with Crippen molar-refractivity contribution in [1.82, 2.24) is 14.9 Å². The fourth-order valence-electron chi connectivity index (χ4n) is 3.43. The lowest BCUT2D eigenvalue weighted by Gasteiger charge is -2.31. The number of likely N-dealkylation sites (tertiary alicyclic amines) is 1. The molecule has 0 saturated carbocycles. The lowest BCUT2D eigenvalue weighted by molar-refractivity contribution is -0.0271. The minimum Gasteiger partial charge on any atom is -0.508 e. The third kappa shape index (κ3) is 3.43. The minimum absolute atomic E-state index is 0.0840. The second-order valence-corrected chi connectivity index (χ2v) is 6.86. The molecule has 1 unspecified atom stereocenters. The minimum atomic E-state index is -0.528. The van der Waals surface area contributed by atoms with Crippen molar-refractivity contribution in [2.24, 2.45) is 0 Å². The molecular weight excluding hydrogens is 333 g/mol. The number of hydrogen-bond acceptors (Lipinski definition) is 4. The van der Waals surface area contributed by atoms with Crippen LogP contribution in [0.2, 0.25) is 0 Å². The summed E-state index contributed by atoms with van der Waals surface area (Å²) < 4.78 is 19.9. The number of hydrogen-bond donors (Lipinski definition) is 2. The lowest BCUT2D eigenvalue weighted by atomic mass is 10.0. The second-order valence-electron chi connectivity index (χ2n) is 6.86. The van der Waals surface area contributed by atoms with E-state index in [0.29, 0.717) is 16.9 Å². The first-order valence-electron chi connectivity index (χ1n) is 8.87. The molecule has 0 radical (unpaired) electrons. The van der Waals surface area contributed by atoms with Crippen molar-refractivity contribution in [1.29, 1.82) is 0 Å². The molecule has 1 aromatic heterocycles. The van der Waals surface area contributed by atoms with Gasteiger partial charge < -0.3 is 19.7 Å². The van der Waals surface area contributed by atoms with Gasteiger partial charge in [0.15, 0.2) is 0 Å². The standard InChI is InChI=1S/C20H22FN3O2/c1-24-10-8-14(9-11-24)26-19(15-4-2-3-5-18(15)25)20-22-16-7-6-13(21)12-17(16)23-20/h2-7,12,14,19,25H,8-11H2,1H3,(H,22,23). The summed E-state index contributed by atoms with van der Waals surface area (Å²) in [6.07, 6.45) is 1.41. The van der Waals surface area contributed by atoms with E-state index in [1.54, 1.807) is 18.2 Å². The van der Waals surface area contributed by atoms with E-state index in [9.17, 15) is 9.50 Å². The van der Waals surface area contributed by atoms with E-state index in [1.807, 2.05) is 12.1 Å². The SMILES string of the molecule is CN1CCC(OC(c2nc3cc(F)ccc3[nH]2)c2ccccc2O)CC1. The molecule has 1 fully saturated rings. The Morgan fingerprint density at radius 1 is 1.23 bits per heavy atom. The molecule has 26 heavy (non-hydrogen) atoms. The van der Waals surface area contributed by atoms with Crippen LogP contribution in [-0.4, -0.2) is 46.2 Å². The third-order valence-corrected chi connectivity index (χ3v) is 4.93. The van der Waals surface area contributed by atoms with Crippen LogP contribution in [0.15, 0.2) is 42.5 Å². The first kappa shape index (κ1) is 17.0. The maximum absolute atomic E-state index is 13.5. The van der Waals surface area contributed by atoms with Crippen molar-refractivity contribution < 1.29 is 14.2 Å². The third-order valence-electron chi connectivity index (χ3n) is 4.93. The molecule has 1 atom stereocenters. The smallest absolute Gasteiger partial charge is 0.144 e. The van der Waals surface area contributed by atoms with Crippen molar-refractivity contribution >= 4 is 11.0 Å². The van der Waals surface area contributed by atoms with E-state index < -0.39 is 6.10 Å². The van der Waals surface area contributed by atoms with E-state index in [2.05, 4.69) is 21.9 Å². The number of aromatic hydroxyl groups is 1. The molecule has 136 valence electrons. The van der Waals surface area contributed by atoms with Crippen molar-refractivity contribution in [2.75, 3.05) is 20.1 Å². The van der Waals surface area contributed by atoms with E-state index in [0.717, 1.165) is 31.4 Å². The molecule has 0 spiro atoms. The molecule has 3 aromatic rings. The summed E-state index contributed by atoms with van der Waals surface area (Å²) in [7, 11) is 2.10. The van der Waals surface area contributed by atoms with Gasteiger partial charge in [-0.25, -0.2) is 9.37 Å². The van der Waals surface area contributed by atoms with E-state index in [4.69, 9.17) is 4.74 Å². The van der Waals surface area contributed by atoms with Gasteiger partial charge >= 0.3 is 0 Å². The summed E-state index contributed by atoms with van der Waals surface area (Å²) in [5.74, 6) is 0.411. The first-order valence-corrected chi connectivity index (χ1v) is 8.87. The summed E-state index contributed by atoms with van der Waals surface area (Å²) in [5.41, 5.74) is 1.95. The maximum Gasteiger partial charge on any atom is 0.144 e. The number of rotatable bonds is 4. The molecule has 0 aliphatic carbocycles. The summed E-state index contributed by atoms with van der Waals surface area (Å²) in [6.45, 7) is 1.95. The van der Waals surface area contributed by atoms with Crippen LogP contribution in [0.5, 0.6) is 5.75 Å². The number of aromatic nitrogens is 2. The number of fused-ring (bicyclic) bond motifs is 1. The van der Waals surface area contributed by atoms with Crippen LogP contribution in [0.1, 0.15) is 30.3 Å². The van der Waals surface area contributed by atoms with Gasteiger partial charge in [-0.2, -0.15) is 0 Å². The predicted octanol–water partition coefficient (Wildman–Crippen LogP) is 3.61. The highest BCUT2D eigenvalue weighted by atomic mass is 19.1. The Hall–Kier alpha value is -2.44. The van der Waals surface area contributed by atoms with Crippen LogP contribution < -0.4 is 0 Å². The quantitative estimate of drug-likeness (QED) is 0.751. The average Bonchev–Trinajstić information content (AvgIpc) is 3.05.